The predicted molar refractivity (Wildman–Crippen MR) is 118 cm³/mol. The maximum atomic E-state index is 12.1. The average Bonchev–Trinajstić information content (AvgIpc) is 3.21. The third-order valence-electron chi connectivity index (χ3n) is 4.66. The molecule has 1 N–H and O–H groups in total. The summed E-state index contributed by atoms with van der Waals surface area (Å²) in [6, 6.07) is 11.1. The number of nitrogens with zero attached hydrogens (tertiary/aromatic N) is 2. The van der Waals surface area contributed by atoms with Crippen molar-refractivity contribution < 1.29 is 13.9 Å². The molecule has 0 spiro atoms. The number of aryl methyl sites for hydroxylation is 2. The first kappa shape index (κ1) is 21.0. The normalized spacial score (nSPS) is 13.0. The topological polar surface area (TPSA) is 77.2 Å². The number of hydrogen-bond acceptors (Lipinski definition) is 6. The molecule has 0 saturated carbocycles. The quantitative estimate of drug-likeness (QED) is 0.461. The van der Waals surface area contributed by atoms with Crippen LogP contribution >= 0.6 is 35.0 Å². The highest BCUT2D eigenvalue weighted by molar-refractivity contribution is 7.99. The second-order valence-corrected chi connectivity index (χ2v) is 8.62. The van der Waals surface area contributed by atoms with Crippen molar-refractivity contribution in [3.63, 3.8) is 0 Å². The minimum absolute atomic E-state index is 0.0934. The van der Waals surface area contributed by atoms with E-state index in [1.165, 1.54) is 24.0 Å². The number of fused-ring (bicyclic) bond motifs is 1. The summed E-state index contributed by atoms with van der Waals surface area (Å²) < 4.78 is 11.3. The Morgan fingerprint density at radius 3 is 2.80 bits per heavy atom. The Kier molecular flexibility index (Phi) is 6.82. The number of carbonyl (C=O) groups is 1. The van der Waals surface area contributed by atoms with Gasteiger partial charge in [-0.3, -0.25) is 4.79 Å². The fourth-order valence-corrected chi connectivity index (χ4v) is 4.12. The van der Waals surface area contributed by atoms with Crippen LogP contribution in [0.3, 0.4) is 0 Å². The minimum Gasteiger partial charge on any atom is -0.484 e. The zero-order chi connectivity index (χ0) is 20.9. The van der Waals surface area contributed by atoms with Crippen molar-refractivity contribution in [3.8, 4) is 5.75 Å². The molecule has 1 heterocycles. The average molecular weight is 464 g/mol. The van der Waals surface area contributed by atoms with Crippen LogP contribution in [-0.4, -0.2) is 21.9 Å². The molecule has 1 aliphatic rings. The van der Waals surface area contributed by atoms with Crippen molar-refractivity contribution >= 4 is 46.6 Å². The van der Waals surface area contributed by atoms with Gasteiger partial charge in [0.05, 0.1) is 16.5 Å². The van der Waals surface area contributed by atoms with Crippen LogP contribution in [-0.2, 0) is 24.2 Å². The van der Waals surface area contributed by atoms with Gasteiger partial charge in [-0.25, -0.2) is 0 Å². The lowest BCUT2D eigenvalue weighted by Crippen LogP contribution is -2.14. The second kappa shape index (κ2) is 9.73. The lowest BCUT2D eigenvalue weighted by molar-refractivity contribution is -0.113. The van der Waals surface area contributed by atoms with Gasteiger partial charge in [-0.15, -0.1) is 10.2 Å². The van der Waals surface area contributed by atoms with Crippen LogP contribution < -0.4 is 10.1 Å². The number of anilines is 1. The molecule has 0 fully saturated rings. The fourth-order valence-electron chi connectivity index (χ4n) is 3.21. The molecule has 0 atom stereocenters. The number of amides is 1. The van der Waals surface area contributed by atoms with E-state index in [4.69, 9.17) is 32.4 Å². The Morgan fingerprint density at radius 1 is 1.10 bits per heavy atom. The molecular weight excluding hydrogens is 445 g/mol. The van der Waals surface area contributed by atoms with Crippen molar-refractivity contribution in [2.24, 2.45) is 0 Å². The van der Waals surface area contributed by atoms with Crippen molar-refractivity contribution in [2.75, 3.05) is 11.1 Å². The molecule has 6 nitrogen and oxygen atoms in total. The lowest BCUT2D eigenvalue weighted by Gasteiger charge is -2.16. The number of nitrogens with one attached hydrogen (secondary N) is 1. The van der Waals surface area contributed by atoms with Crippen molar-refractivity contribution in [1.82, 2.24) is 10.2 Å². The molecule has 2 aromatic carbocycles. The van der Waals surface area contributed by atoms with Crippen molar-refractivity contribution in [3.05, 3.63) is 63.5 Å². The molecule has 0 saturated heterocycles. The third kappa shape index (κ3) is 5.47. The summed E-state index contributed by atoms with van der Waals surface area (Å²) in [4.78, 5) is 12.1. The lowest BCUT2D eigenvalue weighted by atomic mass is 9.92. The predicted octanol–water partition coefficient (Wildman–Crippen LogP) is 5.57. The van der Waals surface area contributed by atoms with Crippen LogP contribution in [0.25, 0.3) is 0 Å². The van der Waals surface area contributed by atoms with Crippen LogP contribution in [0.2, 0.25) is 10.0 Å². The van der Waals surface area contributed by atoms with E-state index in [-0.39, 0.29) is 18.3 Å². The SMILES string of the molecule is O=C(CSc1nnc(COc2ccc3c(c2)CCCC3)o1)Nc1cc(Cl)ccc1Cl. The Bertz CT molecular complexity index is 1060. The summed E-state index contributed by atoms with van der Waals surface area (Å²) in [6.45, 7) is 0.177. The first-order valence-electron chi connectivity index (χ1n) is 9.51. The monoisotopic (exact) mass is 463 g/mol. The Labute approximate surface area is 188 Å². The highest BCUT2D eigenvalue weighted by Gasteiger charge is 2.13. The van der Waals surface area contributed by atoms with Gasteiger partial charge in [-0.2, -0.15) is 0 Å². The van der Waals surface area contributed by atoms with E-state index in [9.17, 15) is 4.79 Å². The molecule has 0 radical (unpaired) electrons. The van der Waals surface area contributed by atoms with Crippen LogP contribution in [0, 0.1) is 0 Å². The van der Waals surface area contributed by atoms with E-state index in [2.05, 4.69) is 27.6 Å². The molecule has 1 amide bonds. The largest absolute Gasteiger partial charge is 0.484 e. The second-order valence-electron chi connectivity index (χ2n) is 6.85. The summed E-state index contributed by atoms with van der Waals surface area (Å²) in [5, 5.41) is 11.8. The van der Waals surface area contributed by atoms with E-state index >= 15 is 0 Å². The van der Waals surface area contributed by atoms with Gasteiger partial charge in [0.25, 0.3) is 11.1 Å². The van der Waals surface area contributed by atoms with E-state index in [0.29, 0.717) is 26.8 Å². The van der Waals surface area contributed by atoms with Gasteiger partial charge >= 0.3 is 0 Å². The molecule has 156 valence electrons. The third-order valence-corrected chi connectivity index (χ3v) is 6.04. The molecule has 9 heteroatoms. The van der Waals surface area contributed by atoms with Crippen LogP contribution in [0.1, 0.15) is 29.9 Å². The number of benzene rings is 2. The van der Waals surface area contributed by atoms with Crippen molar-refractivity contribution in [1.29, 1.82) is 0 Å². The molecule has 1 aliphatic carbocycles. The van der Waals surface area contributed by atoms with E-state index in [1.54, 1.807) is 18.2 Å². The van der Waals surface area contributed by atoms with E-state index in [1.807, 2.05) is 6.07 Å². The molecule has 0 aliphatic heterocycles. The van der Waals surface area contributed by atoms with E-state index < -0.39 is 0 Å². The highest BCUT2D eigenvalue weighted by atomic mass is 35.5. The molecule has 3 aromatic rings. The zero-order valence-electron chi connectivity index (χ0n) is 16.0. The highest BCUT2D eigenvalue weighted by Crippen LogP contribution is 2.27. The molecule has 30 heavy (non-hydrogen) atoms. The smallest absolute Gasteiger partial charge is 0.277 e. The maximum absolute atomic E-state index is 12.1. The fraction of sp³-hybridized carbons (Fsp3) is 0.286. The van der Waals surface area contributed by atoms with Gasteiger partial charge < -0.3 is 14.5 Å². The number of halogens is 2. The Balaban J connectivity index is 1.27. The molecule has 1 aromatic heterocycles. The number of carbonyl (C=O) groups excluding carboxylic acids is 1. The summed E-state index contributed by atoms with van der Waals surface area (Å²) in [6.07, 6.45) is 4.70. The van der Waals surface area contributed by atoms with Gasteiger partial charge in [-0.05, 0) is 67.1 Å². The number of ether oxygens (including phenoxy) is 1. The van der Waals surface area contributed by atoms with Gasteiger partial charge in [0, 0.05) is 5.02 Å². The van der Waals surface area contributed by atoms with Gasteiger partial charge in [0.15, 0.2) is 6.61 Å². The van der Waals surface area contributed by atoms with E-state index in [0.717, 1.165) is 30.4 Å². The van der Waals surface area contributed by atoms with Gasteiger partial charge in [-0.1, -0.05) is 41.0 Å². The summed E-state index contributed by atoms with van der Waals surface area (Å²) in [5.74, 6) is 0.986. The minimum atomic E-state index is -0.255. The number of hydrogen-bond donors (Lipinski definition) is 1. The van der Waals surface area contributed by atoms with Gasteiger partial charge in [0.1, 0.15) is 5.75 Å². The molecule has 0 bridgehead atoms. The Hall–Kier alpha value is -2.22. The number of thioether (sulfide) groups is 1. The number of aromatic nitrogens is 2. The zero-order valence-corrected chi connectivity index (χ0v) is 18.3. The maximum Gasteiger partial charge on any atom is 0.277 e. The summed E-state index contributed by atoms with van der Waals surface area (Å²) in [5.41, 5.74) is 3.22. The summed E-state index contributed by atoms with van der Waals surface area (Å²) >= 11 is 13.1. The molecular formula is C21H19Cl2N3O3S. The van der Waals surface area contributed by atoms with Crippen LogP contribution in [0.5, 0.6) is 5.75 Å². The standard InChI is InChI=1S/C21H19Cl2N3O3S/c22-15-6-8-17(23)18(10-15)24-19(27)12-30-21-26-25-20(29-21)11-28-16-7-5-13-3-1-2-4-14(13)9-16/h5-10H,1-4,11-12H2,(H,24,27). The van der Waals surface area contributed by atoms with Crippen LogP contribution in [0.4, 0.5) is 5.69 Å². The van der Waals surface area contributed by atoms with Gasteiger partial charge in [0.2, 0.25) is 5.91 Å². The molecule has 0 unspecified atom stereocenters. The summed E-state index contributed by atoms with van der Waals surface area (Å²) in [7, 11) is 0. The number of rotatable bonds is 7. The van der Waals surface area contributed by atoms with Crippen molar-refractivity contribution in [2.45, 2.75) is 37.5 Å². The molecule has 4 rings (SSSR count). The first-order chi connectivity index (χ1) is 14.6. The first-order valence-corrected chi connectivity index (χ1v) is 11.3. The van der Waals surface area contributed by atoms with Crippen LogP contribution in [0.15, 0.2) is 46.0 Å². The Morgan fingerprint density at radius 2 is 1.93 bits per heavy atom.